The van der Waals surface area contributed by atoms with Crippen LogP contribution >= 0.6 is 0 Å². The zero-order valence-corrected chi connectivity index (χ0v) is 19.5. The molecule has 0 bridgehead atoms. The van der Waals surface area contributed by atoms with E-state index in [1.165, 1.54) is 6.42 Å². The fourth-order valence-corrected chi connectivity index (χ4v) is 8.79. The van der Waals surface area contributed by atoms with Crippen molar-refractivity contribution < 1.29 is 9.18 Å². The minimum absolute atomic E-state index is 0.0253. The van der Waals surface area contributed by atoms with E-state index in [1.807, 2.05) is 12.3 Å². The number of aromatic nitrogens is 3. The Balaban J connectivity index is 1.21. The highest BCUT2D eigenvalue weighted by Crippen LogP contribution is 2.66. The van der Waals surface area contributed by atoms with Crippen LogP contribution in [-0.4, -0.2) is 26.2 Å². The highest BCUT2D eigenvalue weighted by atomic mass is 19.1. The molecule has 5 heteroatoms. The van der Waals surface area contributed by atoms with Crippen molar-refractivity contribution in [3.05, 3.63) is 24.7 Å². The number of alkyl halides is 1. The summed E-state index contributed by atoms with van der Waals surface area (Å²) in [6.07, 6.45) is 14.6. The number of nitrogens with zero attached hydrogens (tertiary/aromatic N) is 3. The first-order valence-electron chi connectivity index (χ1n) is 12.9. The predicted octanol–water partition coefficient (Wildman–Crippen LogP) is 6.00. The molecule has 4 aliphatic carbocycles. The quantitative estimate of drug-likeness (QED) is 0.592. The van der Waals surface area contributed by atoms with E-state index in [1.54, 1.807) is 17.1 Å². The molecule has 8 atom stereocenters. The summed E-state index contributed by atoms with van der Waals surface area (Å²) >= 11 is 0. The Labute approximate surface area is 190 Å². The monoisotopic (exact) mass is 437 g/mol. The molecule has 0 N–H and O–H groups in total. The molecule has 2 heterocycles. The largest absolute Gasteiger partial charge is 0.297 e. The number of Topliss-reactive ketones (excluding diaryl/α,β-unsaturated/α-hetero) is 1. The van der Waals surface area contributed by atoms with Crippen molar-refractivity contribution in [1.29, 1.82) is 0 Å². The average molecular weight is 438 g/mol. The van der Waals surface area contributed by atoms with E-state index in [0.29, 0.717) is 30.1 Å². The number of hydrogen-bond acceptors (Lipinski definition) is 3. The van der Waals surface area contributed by atoms with Gasteiger partial charge in [-0.25, -0.2) is 4.39 Å². The normalized spacial score (nSPS) is 43.5. The van der Waals surface area contributed by atoms with Crippen LogP contribution < -0.4 is 0 Å². The maximum absolute atomic E-state index is 16.5. The lowest BCUT2D eigenvalue weighted by Crippen LogP contribution is -2.56. The third kappa shape index (κ3) is 3.02. The first-order valence-corrected chi connectivity index (χ1v) is 12.9. The number of pyridine rings is 1. The standard InChI is InChI=1S/C27H36FN3O/c1-17-7-11-27(28)19(13-17)3-4-20-21-5-6-23(26(21,2)10-8-22(20)27)25(32)16-31-15-18-9-12-29-14-24(18)30-31/h9,12,14-15,17,19-23H,3-8,10-11,13,16H2,1-2H3/t17-,19+,20-,21?,22?,23+,26-,27+/m0/s1. The summed E-state index contributed by atoms with van der Waals surface area (Å²) < 4.78 is 18.3. The molecular weight excluding hydrogens is 401 g/mol. The summed E-state index contributed by atoms with van der Waals surface area (Å²) in [6.45, 7) is 4.99. The van der Waals surface area contributed by atoms with Crippen molar-refractivity contribution in [2.75, 3.05) is 0 Å². The van der Waals surface area contributed by atoms with Gasteiger partial charge in [0.2, 0.25) is 0 Å². The van der Waals surface area contributed by atoms with Gasteiger partial charge in [-0.3, -0.25) is 14.5 Å². The van der Waals surface area contributed by atoms with Crippen LogP contribution in [0.25, 0.3) is 10.9 Å². The fourth-order valence-electron chi connectivity index (χ4n) is 8.79. The van der Waals surface area contributed by atoms with Gasteiger partial charge in [0.15, 0.2) is 5.78 Å². The zero-order chi connectivity index (χ0) is 22.1. The molecule has 4 saturated carbocycles. The molecule has 32 heavy (non-hydrogen) atoms. The molecule has 0 amide bonds. The molecule has 4 fully saturated rings. The molecule has 0 spiro atoms. The maximum Gasteiger partial charge on any atom is 0.157 e. The van der Waals surface area contributed by atoms with Gasteiger partial charge < -0.3 is 0 Å². The number of carbonyl (C=O) groups excluding carboxylic acids is 1. The SMILES string of the molecule is C[C@H]1CC[C@]2(F)C3CC[C@@]4(C)C(CC[C@@H]4C(=O)Cn4cc5ccncc5n4)[C@@H]3CC[C@@H]2C1. The molecule has 4 aliphatic rings. The molecule has 2 aromatic rings. The number of halogens is 1. The minimum atomic E-state index is -0.942. The number of ketones is 1. The highest BCUT2D eigenvalue weighted by molar-refractivity contribution is 5.83. The lowest BCUT2D eigenvalue weighted by molar-refractivity contribution is -0.146. The minimum Gasteiger partial charge on any atom is -0.297 e. The van der Waals surface area contributed by atoms with Crippen LogP contribution in [0.5, 0.6) is 0 Å². The predicted molar refractivity (Wildman–Crippen MR) is 123 cm³/mol. The van der Waals surface area contributed by atoms with Crippen LogP contribution in [0.2, 0.25) is 0 Å². The summed E-state index contributed by atoms with van der Waals surface area (Å²) in [5, 5.41) is 5.58. The summed E-state index contributed by atoms with van der Waals surface area (Å²) in [7, 11) is 0. The highest BCUT2D eigenvalue weighted by Gasteiger charge is 2.62. The lowest BCUT2D eigenvalue weighted by Gasteiger charge is -2.58. The molecule has 0 aliphatic heterocycles. The van der Waals surface area contributed by atoms with Gasteiger partial charge in [-0.05, 0) is 98.9 Å². The van der Waals surface area contributed by atoms with E-state index >= 15 is 4.39 Å². The van der Waals surface area contributed by atoms with Crippen molar-refractivity contribution in [3.8, 4) is 0 Å². The number of carbonyl (C=O) groups is 1. The molecule has 172 valence electrons. The number of fused-ring (bicyclic) bond motifs is 6. The van der Waals surface area contributed by atoms with E-state index in [9.17, 15) is 4.79 Å². The van der Waals surface area contributed by atoms with Gasteiger partial charge in [-0.2, -0.15) is 5.10 Å². The van der Waals surface area contributed by atoms with Crippen molar-refractivity contribution >= 4 is 16.7 Å². The van der Waals surface area contributed by atoms with Crippen molar-refractivity contribution in [1.82, 2.24) is 14.8 Å². The van der Waals surface area contributed by atoms with E-state index in [4.69, 9.17) is 0 Å². The fraction of sp³-hybridized carbons (Fsp3) is 0.741. The van der Waals surface area contributed by atoms with Crippen LogP contribution in [-0.2, 0) is 11.3 Å². The third-order valence-electron chi connectivity index (χ3n) is 10.4. The van der Waals surface area contributed by atoms with E-state index in [-0.39, 0.29) is 23.2 Å². The van der Waals surface area contributed by atoms with Gasteiger partial charge >= 0.3 is 0 Å². The zero-order valence-electron chi connectivity index (χ0n) is 19.5. The Morgan fingerprint density at radius 3 is 2.88 bits per heavy atom. The molecule has 0 radical (unpaired) electrons. The van der Waals surface area contributed by atoms with Crippen molar-refractivity contribution in [2.45, 2.75) is 83.8 Å². The Hall–Kier alpha value is -1.78. The van der Waals surface area contributed by atoms with Gasteiger partial charge in [0.1, 0.15) is 11.2 Å². The van der Waals surface area contributed by atoms with E-state index < -0.39 is 5.67 Å². The van der Waals surface area contributed by atoms with E-state index in [0.717, 1.165) is 62.3 Å². The second kappa shape index (κ2) is 7.36. The molecule has 4 nitrogen and oxygen atoms in total. The number of hydrogen-bond donors (Lipinski definition) is 0. The van der Waals surface area contributed by atoms with Crippen molar-refractivity contribution in [2.24, 2.45) is 40.9 Å². The smallest absolute Gasteiger partial charge is 0.157 e. The van der Waals surface area contributed by atoms with Gasteiger partial charge in [0, 0.05) is 23.7 Å². The molecule has 0 aromatic carbocycles. The van der Waals surface area contributed by atoms with Crippen LogP contribution in [0.1, 0.15) is 71.6 Å². The summed E-state index contributed by atoms with van der Waals surface area (Å²) in [5.74, 6) is 2.55. The molecule has 2 unspecified atom stereocenters. The molecule has 2 aromatic heterocycles. The van der Waals surface area contributed by atoms with E-state index in [2.05, 4.69) is 23.9 Å². The van der Waals surface area contributed by atoms with Crippen LogP contribution in [0.3, 0.4) is 0 Å². The maximum atomic E-state index is 16.5. The van der Waals surface area contributed by atoms with Gasteiger partial charge in [-0.15, -0.1) is 0 Å². The number of rotatable bonds is 3. The lowest BCUT2D eigenvalue weighted by atomic mass is 9.48. The second-order valence-electron chi connectivity index (χ2n) is 11.9. The van der Waals surface area contributed by atoms with Gasteiger partial charge in [-0.1, -0.05) is 13.8 Å². The molecule has 6 rings (SSSR count). The second-order valence-corrected chi connectivity index (χ2v) is 11.9. The first kappa shape index (κ1) is 20.8. The molecular formula is C27H36FN3O. The first-order chi connectivity index (χ1) is 15.4. The van der Waals surface area contributed by atoms with Crippen LogP contribution in [0, 0.1) is 40.9 Å². The Morgan fingerprint density at radius 1 is 1.16 bits per heavy atom. The summed E-state index contributed by atoms with van der Waals surface area (Å²) in [6, 6.07) is 1.94. The van der Waals surface area contributed by atoms with Crippen LogP contribution in [0.4, 0.5) is 4.39 Å². The summed E-state index contributed by atoms with van der Waals surface area (Å²) in [4.78, 5) is 17.6. The Morgan fingerprint density at radius 2 is 2.03 bits per heavy atom. The topological polar surface area (TPSA) is 47.8 Å². The average Bonchev–Trinajstić information content (AvgIpc) is 3.34. The van der Waals surface area contributed by atoms with Crippen LogP contribution in [0.15, 0.2) is 24.7 Å². The third-order valence-corrected chi connectivity index (χ3v) is 10.4. The van der Waals surface area contributed by atoms with Crippen molar-refractivity contribution in [3.63, 3.8) is 0 Å². The van der Waals surface area contributed by atoms with Gasteiger partial charge in [0.25, 0.3) is 0 Å². The van der Waals surface area contributed by atoms with Gasteiger partial charge in [0.05, 0.1) is 12.7 Å². The Bertz CT molecular complexity index is 1000. The molecule has 0 saturated heterocycles. The Kier molecular flexibility index (Phi) is 4.79. The summed E-state index contributed by atoms with van der Waals surface area (Å²) in [5.41, 5.74) is -0.0808.